The molecule has 3 nitrogen and oxygen atoms in total. The fourth-order valence-corrected chi connectivity index (χ4v) is 3.41. The molecule has 0 heterocycles. The van der Waals surface area contributed by atoms with Gasteiger partial charge in [0.2, 0.25) is 0 Å². The van der Waals surface area contributed by atoms with Crippen LogP contribution in [0.1, 0.15) is 72.1 Å². The molecule has 0 radical (unpaired) electrons. The van der Waals surface area contributed by atoms with E-state index < -0.39 is 0 Å². The Bertz CT molecular complexity index is 258. The fraction of sp³-hybridized carbons (Fsp3) is 1.00. The largest absolute Gasteiger partial charge is 0.379 e. The van der Waals surface area contributed by atoms with Crippen LogP contribution in [0, 0.1) is 0 Å². The zero-order valence-electron chi connectivity index (χ0n) is 14.3. The topological polar surface area (TPSA) is 30.5 Å². The van der Waals surface area contributed by atoms with Gasteiger partial charge < -0.3 is 14.8 Å². The van der Waals surface area contributed by atoms with Crippen molar-refractivity contribution >= 4 is 0 Å². The van der Waals surface area contributed by atoms with Gasteiger partial charge in [-0.15, -0.1) is 0 Å². The summed E-state index contributed by atoms with van der Waals surface area (Å²) in [5, 5.41) is 3.69. The number of methoxy groups -OCH3 is 2. The summed E-state index contributed by atoms with van der Waals surface area (Å²) in [5.41, 5.74) is -0.0241. The van der Waals surface area contributed by atoms with Gasteiger partial charge in [0.15, 0.2) is 0 Å². The van der Waals surface area contributed by atoms with E-state index in [1.54, 1.807) is 7.11 Å². The third kappa shape index (κ3) is 5.01. The molecule has 1 fully saturated rings. The SMILES string of the molecule is CCNC(CCC(C)(C)OC)C1(OC)CCCCCC1. The zero-order chi connectivity index (χ0) is 15.1. The quantitative estimate of drug-likeness (QED) is 0.686. The summed E-state index contributed by atoms with van der Waals surface area (Å²) in [5.74, 6) is 0. The van der Waals surface area contributed by atoms with E-state index >= 15 is 0 Å². The van der Waals surface area contributed by atoms with Gasteiger partial charge in [0.05, 0.1) is 11.2 Å². The van der Waals surface area contributed by atoms with Gasteiger partial charge in [0.1, 0.15) is 0 Å². The smallest absolute Gasteiger partial charge is 0.0830 e. The van der Waals surface area contributed by atoms with Crippen LogP contribution in [0.2, 0.25) is 0 Å². The molecule has 20 heavy (non-hydrogen) atoms. The Kier molecular flexibility index (Phi) is 7.49. The maximum absolute atomic E-state index is 6.07. The van der Waals surface area contributed by atoms with Crippen LogP contribution in [0.5, 0.6) is 0 Å². The van der Waals surface area contributed by atoms with E-state index in [1.165, 1.54) is 38.5 Å². The number of hydrogen-bond donors (Lipinski definition) is 1. The maximum atomic E-state index is 6.07. The second-order valence-corrected chi connectivity index (χ2v) is 6.80. The monoisotopic (exact) mass is 285 g/mol. The van der Waals surface area contributed by atoms with E-state index in [0.717, 1.165) is 19.4 Å². The lowest BCUT2D eigenvalue weighted by molar-refractivity contribution is -0.0624. The number of ether oxygens (including phenoxy) is 2. The van der Waals surface area contributed by atoms with E-state index in [2.05, 4.69) is 26.1 Å². The van der Waals surface area contributed by atoms with Gasteiger partial charge in [-0.1, -0.05) is 32.6 Å². The van der Waals surface area contributed by atoms with Crippen LogP contribution in [0.25, 0.3) is 0 Å². The van der Waals surface area contributed by atoms with Gasteiger partial charge in [0.25, 0.3) is 0 Å². The standard InChI is InChI=1S/C17H35NO2/c1-6-18-15(11-14-16(2,3)19-4)17(20-5)12-9-7-8-10-13-17/h15,18H,6-14H2,1-5H3. The van der Waals surface area contributed by atoms with Crippen molar-refractivity contribution in [1.29, 1.82) is 0 Å². The van der Waals surface area contributed by atoms with Crippen LogP contribution >= 0.6 is 0 Å². The molecular weight excluding hydrogens is 250 g/mol. The second-order valence-electron chi connectivity index (χ2n) is 6.80. The highest BCUT2D eigenvalue weighted by Gasteiger charge is 2.39. The minimum absolute atomic E-state index is 0.0241. The van der Waals surface area contributed by atoms with Crippen LogP contribution in [0.4, 0.5) is 0 Å². The lowest BCUT2D eigenvalue weighted by atomic mass is 9.82. The van der Waals surface area contributed by atoms with E-state index in [0.29, 0.717) is 6.04 Å². The normalized spacial score (nSPS) is 21.4. The molecule has 0 spiro atoms. The first-order chi connectivity index (χ1) is 9.49. The Morgan fingerprint density at radius 2 is 1.70 bits per heavy atom. The van der Waals surface area contributed by atoms with Gasteiger partial charge >= 0.3 is 0 Å². The van der Waals surface area contributed by atoms with Crippen LogP contribution in [0.3, 0.4) is 0 Å². The van der Waals surface area contributed by atoms with E-state index in [1.807, 2.05) is 7.11 Å². The highest BCUT2D eigenvalue weighted by atomic mass is 16.5. The van der Waals surface area contributed by atoms with Crippen molar-refractivity contribution in [3.63, 3.8) is 0 Å². The first-order valence-corrected chi connectivity index (χ1v) is 8.33. The Morgan fingerprint density at radius 1 is 1.10 bits per heavy atom. The summed E-state index contributed by atoms with van der Waals surface area (Å²) >= 11 is 0. The van der Waals surface area contributed by atoms with Gasteiger partial charge in [-0.3, -0.25) is 0 Å². The fourth-order valence-electron chi connectivity index (χ4n) is 3.41. The summed E-state index contributed by atoms with van der Waals surface area (Å²) in [6.07, 6.45) is 9.85. The number of rotatable bonds is 8. The van der Waals surface area contributed by atoms with Crippen molar-refractivity contribution in [1.82, 2.24) is 5.32 Å². The van der Waals surface area contributed by atoms with E-state index in [9.17, 15) is 0 Å². The maximum Gasteiger partial charge on any atom is 0.0830 e. The molecule has 1 unspecified atom stereocenters. The molecule has 0 bridgehead atoms. The molecule has 1 aliphatic rings. The van der Waals surface area contributed by atoms with Gasteiger partial charge in [-0.25, -0.2) is 0 Å². The lowest BCUT2D eigenvalue weighted by Gasteiger charge is -2.41. The van der Waals surface area contributed by atoms with Gasteiger partial charge in [-0.2, -0.15) is 0 Å². The molecule has 3 heteroatoms. The van der Waals surface area contributed by atoms with Crippen LogP contribution in [-0.4, -0.2) is 38.0 Å². The molecule has 120 valence electrons. The lowest BCUT2D eigenvalue weighted by Crippen LogP contribution is -2.52. The summed E-state index contributed by atoms with van der Waals surface area (Å²) in [7, 11) is 3.71. The number of nitrogens with one attached hydrogen (secondary N) is 1. The van der Waals surface area contributed by atoms with Crippen molar-refractivity contribution < 1.29 is 9.47 Å². The molecule has 1 N–H and O–H groups in total. The van der Waals surface area contributed by atoms with Crippen molar-refractivity contribution in [3.05, 3.63) is 0 Å². The van der Waals surface area contributed by atoms with Crippen LogP contribution < -0.4 is 5.32 Å². The first kappa shape index (κ1) is 17.9. The highest BCUT2D eigenvalue weighted by molar-refractivity contribution is 4.95. The van der Waals surface area contributed by atoms with Crippen LogP contribution in [-0.2, 0) is 9.47 Å². The molecule has 0 saturated heterocycles. The predicted molar refractivity (Wildman–Crippen MR) is 85.2 cm³/mol. The number of likely N-dealkylation sites (N-methyl/N-ethyl adjacent to an activating group) is 1. The Hall–Kier alpha value is -0.120. The molecule has 0 aliphatic heterocycles. The molecule has 1 saturated carbocycles. The molecular formula is C17H35NO2. The van der Waals surface area contributed by atoms with E-state index in [4.69, 9.17) is 9.47 Å². The summed E-state index contributed by atoms with van der Waals surface area (Å²) in [4.78, 5) is 0. The molecule has 0 aromatic carbocycles. The average molecular weight is 285 g/mol. The third-order valence-electron chi connectivity index (χ3n) is 5.03. The van der Waals surface area contributed by atoms with Crippen LogP contribution in [0.15, 0.2) is 0 Å². The third-order valence-corrected chi connectivity index (χ3v) is 5.03. The second kappa shape index (κ2) is 8.35. The molecule has 1 atom stereocenters. The van der Waals surface area contributed by atoms with Gasteiger partial charge in [0, 0.05) is 20.3 Å². The van der Waals surface area contributed by atoms with E-state index in [-0.39, 0.29) is 11.2 Å². The number of hydrogen-bond acceptors (Lipinski definition) is 3. The van der Waals surface area contributed by atoms with Crippen molar-refractivity contribution in [2.45, 2.75) is 89.4 Å². The Labute approximate surface area is 125 Å². The average Bonchev–Trinajstić information content (AvgIpc) is 2.70. The predicted octanol–water partition coefficient (Wildman–Crippen LogP) is 3.91. The summed E-state index contributed by atoms with van der Waals surface area (Å²) < 4.78 is 11.6. The minimum atomic E-state index is -0.0483. The van der Waals surface area contributed by atoms with Gasteiger partial charge in [-0.05, 0) is 46.1 Å². The van der Waals surface area contributed by atoms with Crippen molar-refractivity contribution in [2.75, 3.05) is 20.8 Å². The molecule has 1 aliphatic carbocycles. The summed E-state index contributed by atoms with van der Waals surface area (Å²) in [6, 6.07) is 0.435. The Morgan fingerprint density at radius 3 is 2.15 bits per heavy atom. The minimum Gasteiger partial charge on any atom is -0.379 e. The Balaban J connectivity index is 2.74. The molecule has 0 aromatic rings. The molecule has 1 rings (SSSR count). The zero-order valence-corrected chi connectivity index (χ0v) is 14.3. The van der Waals surface area contributed by atoms with Crippen molar-refractivity contribution in [2.24, 2.45) is 0 Å². The van der Waals surface area contributed by atoms with Crippen molar-refractivity contribution in [3.8, 4) is 0 Å². The first-order valence-electron chi connectivity index (χ1n) is 8.33. The molecule has 0 aromatic heterocycles. The highest BCUT2D eigenvalue weighted by Crippen LogP contribution is 2.35. The summed E-state index contributed by atoms with van der Waals surface area (Å²) in [6.45, 7) is 7.53. The molecule has 0 amide bonds.